The van der Waals surface area contributed by atoms with E-state index in [4.69, 9.17) is 4.98 Å². The summed E-state index contributed by atoms with van der Waals surface area (Å²) >= 11 is 1.81. The summed E-state index contributed by atoms with van der Waals surface area (Å²) in [5, 5.41) is 12.6. The molecule has 2 fully saturated rings. The Balaban J connectivity index is 1.24. The number of aromatic nitrogens is 1. The molecule has 6 heteroatoms. The average molecular weight is 497 g/mol. The van der Waals surface area contributed by atoms with Crippen LogP contribution in [0.4, 0.5) is 5.13 Å². The van der Waals surface area contributed by atoms with Crippen molar-refractivity contribution < 1.29 is 5.11 Å². The third-order valence-corrected chi connectivity index (χ3v) is 10.1. The number of piperidine rings is 1. The lowest BCUT2D eigenvalue weighted by Crippen LogP contribution is -2.53. The van der Waals surface area contributed by atoms with E-state index in [-0.39, 0.29) is 12.0 Å². The minimum atomic E-state index is 0.217. The van der Waals surface area contributed by atoms with Crippen molar-refractivity contribution in [2.24, 2.45) is 5.92 Å². The van der Waals surface area contributed by atoms with Crippen LogP contribution in [-0.4, -0.2) is 78.4 Å². The summed E-state index contributed by atoms with van der Waals surface area (Å²) in [7, 11) is 0. The van der Waals surface area contributed by atoms with Crippen LogP contribution in [0.3, 0.4) is 0 Å². The van der Waals surface area contributed by atoms with Crippen molar-refractivity contribution in [3.8, 4) is 11.3 Å². The van der Waals surface area contributed by atoms with Gasteiger partial charge in [-0.15, -0.1) is 11.3 Å². The fraction of sp³-hybridized carbons (Fsp3) is 0.690. The predicted molar refractivity (Wildman–Crippen MR) is 148 cm³/mol. The van der Waals surface area contributed by atoms with Crippen LogP contribution in [0.15, 0.2) is 23.6 Å². The van der Waals surface area contributed by atoms with E-state index in [1.165, 1.54) is 41.9 Å². The van der Waals surface area contributed by atoms with Crippen molar-refractivity contribution in [2.75, 3.05) is 57.3 Å². The molecule has 0 spiro atoms. The second-order valence-electron chi connectivity index (χ2n) is 11.8. The van der Waals surface area contributed by atoms with E-state index in [0.717, 1.165) is 57.4 Å². The molecular formula is C29H44N4OS. The fourth-order valence-electron chi connectivity index (χ4n) is 6.44. The van der Waals surface area contributed by atoms with Gasteiger partial charge in [-0.05, 0) is 60.1 Å². The Labute approximate surface area is 216 Å². The van der Waals surface area contributed by atoms with Crippen LogP contribution in [0.1, 0.15) is 70.4 Å². The van der Waals surface area contributed by atoms with Gasteiger partial charge in [-0.2, -0.15) is 0 Å². The Morgan fingerprint density at radius 2 is 1.77 bits per heavy atom. The van der Waals surface area contributed by atoms with E-state index in [9.17, 15) is 5.11 Å². The van der Waals surface area contributed by atoms with Gasteiger partial charge in [0.15, 0.2) is 5.13 Å². The molecule has 2 saturated heterocycles. The smallest absolute Gasteiger partial charge is 0.185 e. The summed E-state index contributed by atoms with van der Waals surface area (Å²) in [6.45, 7) is 17.4. The van der Waals surface area contributed by atoms with E-state index < -0.39 is 0 Å². The van der Waals surface area contributed by atoms with Crippen molar-refractivity contribution in [3.63, 3.8) is 0 Å². The maximum Gasteiger partial charge on any atom is 0.185 e. The first-order chi connectivity index (χ1) is 16.9. The van der Waals surface area contributed by atoms with Gasteiger partial charge >= 0.3 is 0 Å². The number of anilines is 1. The Kier molecular flexibility index (Phi) is 7.55. The van der Waals surface area contributed by atoms with E-state index >= 15 is 0 Å². The highest BCUT2D eigenvalue weighted by atomic mass is 32.1. The minimum Gasteiger partial charge on any atom is -0.395 e. The molecule has 2 aromatic rings. The molecule has 35 heavy (non-hydrogen) atoms. The molecule has 0 bridgehead atoms. The highest BCUT2D eigenvalue weighted by molar-refractivity contribution is 7.14. The third kappa shape index (κ3) is 5.31. The quantitative estimate of drug-likeness (QED) is 0.577. The molecule has 5 rings (SSSR count). The van der Waals surface area contributed by atoms with Gasteiger partial charge in [0.25, 0.3) is 0 Å². The van der Waals surface area contributed by atoms with Crippen LogP contribution in [0.25, 0.3) is 11.3 Å². The zero-order valence-electron chi connectivity index (χ0n) is 22.2. The second kappa shape index (κ2) is 10.5. The SMILES string of the molecule is CC1CCC(C)(C)c2cc(-c3csc(N4CCC(N5CCN(CCO)CC5)CC4)n3)ccc2C1C. The Morgan fingerprint density at radius 3 is 2.49 bits per heavy atom. The topological polar surface area (TPSA) is 42.8 Å². The number of β-amino-alcohol motifs (C(OH)–C–C–N with tert-alkyl or cyclic N) is 1. The zero-order chi connectivity index (χ0) is 24.6. The van der Waals surface area contributed by atoms with Gasteiger partial charge < -0.3 is 10.0 Å². The monoisotopic (exact) mass is 496 g/mol. The van der Waals surface area contributed by atoms with Crippen LogP contribution in [0, 0.1) is 5.92 Å². The van der Waals surface area contributed by atoms with E-state index in [2.05, 4.69) is 66.0 Å². The first-order valence-corrected chi connectivity index (χ1v) is 14.7. The molecule has 0 amide bonds. The predicted octanol–water partition coefficient (Wildman–Crippen LogP) is 5.20. The number of hydrogen-bond donors (Lipinski definition) is 1. The van der Waals surface area contributed by atoms with Gasteiger partial charge in [0.2, 0.25) is 0 Å². The summed E-state index contributed by atoms with van der Waals surface area (Å²) in [6.07, 6.45) is 4.99. The Morgan fingerprint density at radius 1 is 1.03 bits per heavy atom. The molecule has 2 atom stereocenters. The van der Waals surface area contributed by atoms with Gasteiger partial charge in [0, 0.05) is 62.8 Å². The molecule has 0 radical (unpaired) electrons. The fourth-order valence-corrected chi connectivity index (χ4v) is 7.32. The van der Waals surface area contributed by atoms with Crippen molar-refractivity contribution in [1.82, 2.24) is 14.8 Å². The van der Waals surface area contributed by atoms with Gasteiger partial charge in [-0.25, -0.2) is 4.98 Å². The summed E-state index contributed by atoms with van der Waals surface area (Å²) in [4.78, 5) is 12.7. The standard InChI is InChI=1S/C29H44N4OS/c1-21-7-10-29(3,4)26-19-23(5-6-25(26)22(21)2)27-20-35-28(30-27)33-11-8-24(9-12-33)32-15-13-31(14-16-32)17-18-34/h5-6,19-22,24,34H,7-18H2,1-4H3. The molecule has 192 valence electrons. The van der Waals surface area contributed by atoms with Crippen LogP contribution in [-0.2, 0) is 5.41 Å². The summed E-state index contributed by atoms with van der Waals surface area (Å²) < 4.78 is 0. The number of fused-ring (bicyclic) bond motifs is 1. The van der Waals surface area contributed by atoms with Crippen LogP contribution < -0.4 is 4.90 Å². The summed E-state index contributed by atoms with van der Waals surface area (Å²) in [5.41, 5.74) is 5.70. The normalized spacial score (nSPS) is 26.5. The Bertz CT molecular complexity index is 988. The van der Waals surface area contributed by atoms with Crippen LogP contribution >= 0.6 is 11.3 Å². The molecule has 3 heterocycles. The first-order valence-electron chi connectivity index (χ1n) is 13.8. The molecule has 1 aromatic heterocycles. The zero-order valence-corrected chi connectivity index (χ0v) is 23.0. The van der Waals surface area contributed by atoms with Crippen molar-refractivity contribution in [1.29, 1.82) is 0 Å². The van der Waals surface area contributed by atoms with Crippen molar-refractivity contribution >= 4 is 16.5 Å². The van der Waals surface area contributed by atoms with Crippen LogP contribution in [0.5, 0.6) is 0 Å². The third-order valence-electron chi connectivity index (χ3n) is 9.21. The number of benzene rings is 1. The molecular weight excluding hydrogens is 452 g/mol. The number of piperazine rings is 1. The summed E-state index contributed by atoms with van der Waals surface area (Å²) in [6, 6.07) is 7.85. The maximum absolute atomic E-state index is 9.19. The number of aliphatic hydroxyl groups is 1. The molecule has 5 nitrogen and oxygen atoms in total. The molecule has 1 aromatic carbocycles. The van der Waals surface area contributed by atoms with Gasteiger partial charge in [-0.3, -0.25) is 9.80 Å². The highest BCUT2D eigenvalue weighted by Crippen LogP contribution is 2.44. The van der Waals surface area contributed by atoms with Gasteiger partial charge in [0.1, 0.15) is 0 Å². The van der Waals surface area contributed by atoms with E-state index in [1.54, 1.807) is 16.9 Å². The van der Waals surface area contributed by atoms with E-state index in [1.807, 2.05) is 0 Å². The highest BCUT2D eigenvalue weighted by Gasteiger charge is 2.32. The molecule has 3 aliphatic rings. The molecule has 0 saturated carbocycles. The Hall–Kier alpha value is -1.47. The lowest BCUT2D eigenvalue weighted by Gasteiger charge is -2.42. The lowest BCUT2D eigenvalue weighted by atomic mass is 9.78. The molecule has 2 unspecified atom stereocenters. The average Bonchev–Trinajstić information content (AvgIpc) is 3.35. The molecule has 1 aliphatic carbocycles. The van der Waals surface area contributed by atoms with Crippen LogP contribution in [0.2, 0.25) is 0 Å². The minimum absolute atomic E-state index is 0.217. The maximum atomic E-state index is 9.19. The number of thiazole rings is 1. The van der Waals surface area contributed by atoms with Gasteiger partial charge in [-0.1, -0.05) is 39.8 Å². The lowest BCUT2D eigenvalue weighted by molar-refractivity contribution is 0.0747. The van der Waals surface area contributed by atoms with E-state index in [0.29, 0.717) is 12.0 Å². The largest absolute Gasteiger partial charge is 0.395 e. The molecule has 2 aliphatic heterocycles. The van der Waals surface area contributed by atoms with Gasteiger partial charge in [0.05, 0.1) is 12.3 Å². The number of rotatable bonds is 5. The molecule has 1 N–H and O–H groups in total. The van der Waals surface area contributed by atoms with Crippen molar-refractivity contribution in [2.45, 2.75) is 70.8 Å². The number of aliphatic hydroxyl groups excluding tert-OH is 1. The second-order valence-corrected chi connectivity index (χ2v) is 12.7. The number of hydrogen-bond acceptors (Lipinski definition) is 6. The van der Waals surface area contributed by atoms with Crippen molar-refractivity contribution in [3.05, 3.63) is 34.7 Å². The number of nitrogens with zero attached hydrogens (tertiary/aromatic N) is 4. The first kappa shape index (κ1) is 25.2. The summed E-state index contributed by atoms with van der Waals surface area (Å²) in [5.74, 6) is 1.35.